The zero-order valence-electron chi connectivity index (χ0n) is 17.2. The van der Waals surface area contributed by atoms with Crippen LogP contribution in [-0.2, 0) is 6.54 Å². The average Bonchev–Trinajstić information content (AvgIpc) is 3.30. The standard InChI is InChI=1S/C24H23F3N2O2/c1-16-7-8-18(14-22(16)27)29(24(30)23-6-3-13-31-23)17-9-11-28(12-10-17)15-19-20(25)4-2-5-21(19)26/h2-8,13-14,17H,9-12,15H2,1H3. The second-order valence-electron chi connectivity index (χ2n) is 7.79. The first-order valence-electron chi connectivity index (χ1n) is 10.2. The lowest BCUT2D eigenvalue weighted by Crippen LogP contribution is -2.47. The second kappa shape index (κ2) is 8.98. The summed E-state index contributed by atoms with van der Waals surface area (Å²) in [5, 5.41) is 0. The lowest BCUT2D eigenvalue weighted by atomic mass is 10.0. The van der Waals surface area contributed by atoms with Gasteiger partial charge in [0.1, 0.15) is 17.5 Å². The van der Waals surface area contributed by atoms with Crippen LogP contribution in [-0.4, -0.2) is 29.9 Å². The van der Waals surface area contributed by atoms with Gasteiger partial charge in [-0.3, -0.25) is 9.69 Å². The molecule has 0 N–H and O–H groups in total. The van der Waals surface area contributed by atoms with Crippen LogP contribution in [0.25, 0.3) is 0 Å². The highest BCUT2D eigenvalue weighted by molar-refractivity contribution is 6.04. The molecule has 4 nitrogen and oxygen atoms in total. The Morgan fingerprint density at radius 3 is 2.35 bits per heavy atom. The van der Waals surface area contributed by atoms with Crippen molar-refractivity contribution in [3.63, 3.8) is 0 Å². The first-order chi connectivity index (χ1) is 14.9. The predicted molar refractivity (Wildman–Crippen MR) is 111 cm³/mol. The number of carbonyl (C=O) groups excluding carboxylic acids is 1. The first-order valence-corrected chi connectivity index (χ1v) is 10.2. The van der Waals surface area contributed by atoms with Gasteiger partial charge in [0, 0.05) is 36.9 Å². The van der Waals surface area contributed by atoms with Crippen LogP contribution < -0.4 is 4.90 Å². The Hall–Kier alpha value is -3.06. The van der Waals surface area contributed by atoms with E-state index in [0.29, 0.717) is 37.2 Å². The van der Waals surface area contributed by atoms with Crippen molar-refractivity contribution in [3.05, 3.63) is 89.1 Å². The van der Waals surface area contributed by atoms with E-state index in [-0.39, 0.29) is 35.6 Å². The van der Waals surface area contributed by atoms with Crippen molar-refractivity contribution in [2.75, 3.05) is 18.0 Å². The van der Waals surface area contributed by atoms with Gasteiger partial charge in [-0.2, -0.15) is 0 Å². The first kappa shape index (κ1) is 21.2. The fourth-order valence-electron chi connectivity index (χ4n) is 3.99. The van der Waals surface area contributed by atoms with E-state index < -0.39 is 11.6 Å². The maximum absolute atomic E-state index is 14.3. The van der Waals surface area contributed by atoms with Gasteiger partial charge in [-0.25, -0.2) is 13.2 Å². The second-order valence-corrected chi connectivity index (χ2v) is 7.79. The molecule has 1 amide bonds. The van der Waals surface area contributed by atoms with Crippen molar-refractivity contribution >= 4 is 11.6 Å². The van der Waals surface area contributed by atoms with Gasteiger partial charge in [0.25, 0.3) is 5.91 Å². The Kier molecular flexibility index (Phi) is 6.13. The topological polar surface area (TPSA) is 36.7 Å². The molecule has 3 aromatic rings. The third kappa shape index (κ3) is 4.51. The van der Waals surface area contributed by atoms with Crippen molar-refractivity contribution in [2.24, 2.45) is 0 Å². The third-order valence-electron chi connectivity index (χ3n) is 5.75. The zero-order chi connectivity index (χ0) is 22.0. The van der Waals surface area contributed by atoms with Gasteiger partial charge in [-0.15, -0.1) is 0 Å². The molecule has 162 valence electrons. The SMILES string of the molecule is Cc1ccc(N(C(=O)c2ccco2)C2CCN(Cc3c(F)cccc3F)CC2)cc1F. The van der Waals surface area contributed by atoms with Crippen LogP contribution in [0, 0.1) is 24.4 Å². The summed E-state index contributed by atoms with van der Waals surface area (Å²) >= 11 is 0. The van der Waals surface area contributed by atoms with Gasteiger partial charge in [-0.1, -0.05) is 12.1 Å². The Bertz CT molecular complexity index is 1040. The van der Waals surface area contributed by atoms with Gasteiger partial charge >= 0.3 is 0 Å². The van der Waals surface area contributed by atoms with Crippen molar-refractivity contribution in [1.29, 1.82) is 0 Å². The summed E-state index contributed by atoms with van der Waals surface area (Å²) in [6, 6.07) is 11.6. The number of nitrogens with zero attached hydrogens (tertiary/aromatic N) is 2. The predicted octanol–water partition coefficient (Wildman–Crippen LogP) is 5.32. The normalized spacial score (nSPS) is 15.2. The summed E-state index contributed by atoms with van der Waals surface area (Å²) < 4.78 is 47.5. The average molecular weight is 428 g/mol. The van der Waals surface area contributed by atoms with E-state index in [1.54, 1.807) is 36.1 Å². The largest absolute Gasteiger partial charge is 0.459 e. The monoisotopic (exact) mass is 428 g/mol. The van der Waals surface area contributed by atoms with Gasteiger partial charge in [0.2, 0.25) is 0 Å². The molecule has 4 rings (SSSR count). The van der Waals surface area contributed by atoms with Gasteiger partial charge in [-0.05, 0) is 61.7 Å². The molecule has 1 aromatic heterocycles. The van der Waals surface area contributed by atoms with Gasteiger partial charge in [0.15, 0.2) is 5.76 Å². The highest BCUT2D eigenvalue weighted by Gasteiger charge is 2.31. The highest BCUT2D eigenvalue weighted by atomic mass is 19.1. The van der Waals surface area contributed by atoms with E-state index in [2.05, 4.69) is 0 Å². The Labute approximate surface area is 178 Å². The number of hydrogen-bond donors (Lipinski definition) is 0. The minimum absolute atomic E-state index is 0.0464. The number of carbonyl (C=O) groups is 1. The smallest absolute Gasteiger partial charge is 0.294 e. The lowest BCUT2D eigenvalue weighted by molar-refractivity contribution is 0.0931. The van der Waals surface area contributed by atoms with Gasteiger partial charge < -0.3 is 9.32 Å². The number of likely N-dealkylation sites (tertiary alicyclic amines) is 1. The number of anilines is 1. The van der Waals surface area contributed by atoms with Crippen molar-refractivity contribution in [3.8, 4) is 0 Å². The van der Waals surface area contributed by atoms with E-state index in [1.807, 2.05) is 4.90 Å². The number of furan rings is 1. The lowest BCUT2D eigenvalue weighted by Gasteiger charge is -2.38. The number of halogens is 3. The molecule has 1 aliphatic rings. The van der Waals surface area contributed by atoms with Crippen LogP contribution in [0.5, 0.6) is 0 Å². The number of amides is 1. The number of piperidine rings is 1. The molecule has 0 saturated carbocycles. The number of benzene rings is 2. The quantitative estimate of drug-likeness (QED) is 0.552. The van der Waals surface area contributed by atoms with E-state index in [1.165, 1.54) is 30.5 Å². The summed E-state index contributed by atoms with van der Waals surface area (Å²) in [5.74, 6) is -1.68. The van der Waals surface area contributed by atoms with Gasteiger partial charge in [0.05, 0.1) is 6.26 Å². The molecule has 1 saturated heterocycles. The molecule has 0 unspecified atom stereocenters. The van der Waals surface area contributed by atoms with Crippen LogP contribution in [0.3, 0.4) is 0 Å². The molecule has 1 fully saturated rings. The maximum Gasteiger partial charge on any atom is 0.294 e. The molecule has 2 heterocycles. The fraction of sp³-hybridized carbons (Fsp3) is 0.292. The summed E-state index contributed by atoms with van der Waals surface area (Å²) in [6.45, 7) is 2.93. The number of hydrogen-bond acceptors (Lipinski definition) is 3. The zero-order valence-corrected chi connectivity index (χ0v) is 17.2. The van der Waals surface area contributed by atoms with Crippen LogP contribution in [0.4, 0.5) is 18.9 Å². The molecule has 0 aliphatic carbocycles. The molecule has 31 heavy (non-hydrogen) atoms. The van der Waals surface area contributed by atoms with Crippen LogP contribution >= 0.6 is 0 Å². The third-order valence-corrected chi connectivity index (χ3v) is 5.75. The van der Waals surface area contributed by atoms with Crippen molar-refractivity contribution in [1.82, 2.24) is 4.90 Å². The van der Waals surface area contributed by atoms with Crippen LogP contribution in [0.2, 0.25) is 0 Å². The highest BCUT2D eigenvalue weighted by Crippen LogP contribution is 2.28. The van der Waals surface area contributed by atoms with Crippen LogP contribution in [0.15, 0.2) is 59.2 Å². The van der Waals surface area contributed by atoms with E-state index in [9.17, 15) is 18.0 Å². The van der Waals surface area contributed by atoms with Crippen molar-refractivity contribution < 1.29 is 22.4 Å². The maximum atomic E-state index is 14.3. The number of rotatable bonds is 5. The summed E-state index contributed by atoms with van der Waals surface area (Å²) in [7, 11) is 0. The molecule has 7 heteroatoms. The molecular weight excluding hydrogens is 405 g/mol. The summed E-state index contributed by atoms with van der Waals surface area (Å²) in [6.07, 6.45) is 2.59. The minimum Gasteiger partial charge on any atom is -0.459 e. The molecule has 0 bridgehead atoms. The molecule has 1 aliphatic heterocycles. The molecule has 0 radical (unpaired) electrons. The minimum atomic E-state index is -0.563. The van der Waals surface area contributed by atoms with E-state index in [0.717, 1.165) is 0 Å². The molecule has 2 aromatic carbocycles. The molecule has 0 spiro atoms. The molecular formula is C24H23F3N2O2. The van der Waals surface area contributed by atoms with E-state index in [4.69, 9.17) is 4.42 Å². The Morgan fingerprint density at radius 2 is 1.74 bits per heavy atom. The Balaban J connectivity index is 1.53. The van der Waals surface area contributed by atoms with Crippen molar-refractivity contribution in [2.45, 2.75) is 32.4 Å². The summed E-state index contributed by atoms with van der Waals surface area (Å²) in [5.41, 5.74) is 1.00. The molecule has 0 atom stereocenters. The number of aryl methyl sites for hydroxylation is 1. The Morgan fingerprint density at radius 1 is 1.03 bits per heavy atom. The summed E-state index contributed by atoms with van der Waals surface area (Å²) in [4.78, 5) is 16.7. The van der Waals surface area contributed by atoms with E-state index >= 15 is 0 Å². The fourth-order valence-corrected chi connectivity index (χ4v) is 3.99. The van der Waals surface area contributed by atoms with Crippen LogP contribution in [0.1, 0.15) is 34.5 Å².